The van der Waals surface area contributed by atoms with Crippen molar-refractivity contribution in [3.05, 3.63) is 58.4 Å². The quantitative estimate of drug-likeness (QED) is 0.308. The molecule has 0 radical (unpaired) electrons. The molecule has 0 aliphatic carbocycles. The van der Waals surface area contributed by atoms with Gasteiger partial charge in [-0.1, -0.05) is 17.7 Å². The number of ether oxygens (including phenoxy) is 3. The number of guanidine groups is 1. The van der Waals surface area contributed by atoms with Crippen molar-refractivity contribution in [3.63, 3.8) is 0 Å². The van der Waals surface area contributed by atoms with Gasteiger partial charge in [0.2, 0.25) is 0 Å². The van der Waals surface area contributed by atoms with Crippen molar-refractivity contribution in [2.75, 3.05) is 20.4 Å². The smallest absolute Gasteiger partial charge is 0.387 e. The average molecular weight is 551 g/mol. The second kappa shape index (κ2) is 12.0. The largest absolute Gasteiger partial charge is 0.467 e. The van der Waals surface area contributed by atoms with Gasteiger partial charge in [0.15, 0.2) is 12.8 Å². The lowest BCUT2D eigenvalue weighted by atomic mass is 10.1. The zero-order valence-electron chi connectivity index (χ0n) is 17.2. The number of aryl methyl sites for hydroxylation is 1. The summed E-state index contributed by atoms with van der Waals surface area (Å²) in [5.74, 6) is 0.908. The number of benzene rings is 2. The monoisotopic (exact) mass is 551 g/mol. The number of fused-ring (bicyclic) bond motifs is 1. The second-order valence-electron chi connectivity index (χ2n) is 6.76. The zero-order valence-corrected chi connectivity index (χ0v) is 19.5. The van der Waals surface area contributed by atoms with Crippen LogP contribution in [-0.2, 0) is 24.3 Å². The van der Waals surface area contributed by atoms with Crippen LogP contribution in [0, 0.1) is 12.7 Å². The van der Waals surface area contributed by atoms with Crippen molar-refractivity contribution in [1.82, 2.24) is 10.6 Å². The van der Waals surface area contributed by atoms with E-state index in [0.717, 1.165) is 11.1 Å². The maximum Gasteiger partial charge on any atom is 0.387 e. The van der Waals surface area contributed by atoms with Gasteiger partial charge in [0.25, 0.3) is 0 Å². The van der Waals surface area contributed by atoms with Gasteiger partial charge in [-0.15, -0.1) is 24.0 Å². The van der Waals surface area contributed by atoms with E-state index >= 15 is 0 Å². The van der Waals surface area contributed by atoms with Gasteiger partial charge in [-0.2, -0.15) is 8.78 Å². The highest BCUT2D eigenvalue weighted by molar-refractivity contribution is 14.0. The Morgan fingerprint density at radius 2 is 2.00 bits per heavy atom. The van der Waals surface area contributed by atoms with Gasteiger partial charge in [-0.25, -0.2) is 4.39 Å². The number of nitrogens with one attached hydrogen (secondary N) is 2. The van der Waals surface area contributed by atoms with Gasteiger partial charge >= 0.3 is 6.61 Å². The first kappa shape index (κ1) is 25.1. The Hall–Kier alpha value is -2.21. The molecule has 1 heterocycles. The third-order valence-corrected chi connectivity index (χ3v) is 4.54. The van der Waals surface area contributed by atoms with Crippen LogP contribution in [0.2, 0.25) is 0 Å². The molecule has 1 aliphatic heterocycles. The highest BCUT2D eigenvalue weighted by atomic mass is 127. The van der Waals surface area contributed by atoms with Gasteiger partial charge in [-0.05, 0) is 37.1 Å². The van der Waals surface area contributed by atoms with E-state index in [1.165, 1.54) is 18.2 Å². The summed E-state index contributed by atoms with van der Waals surface area (Å²) in [6.45, 7) is 0.148. The van der Waals surface area contributed by atoms with Crippen LogP contribution in [-0.4, -0.2) is 33.0 Å². The van der Waals surface area contributed by atoms with Crippen LogP contribution in [0.3, 0.4) is 0 Å². The van der Waals surface area contributed by atoms with Crippen LogP contribution < -0.4 is 20.1 Å². The minimum Gasteiger partial charge on any atom is -0.467 e. The molecule has 0 aromatic heterocycles. The number of halogens is 4. The lowest BCUT2D eigenvalue weighted by Crippen LogP contribution is -2.38. The van der Waals surface area contributed by atoms with Gasteiger partial charge in [-0.3, -0.25) is 4.99 Å². The van der Waals surface area contributed by atoms with Crippen LogP contribution in [0.4, 0.5) is 13.2 Å². The molecule has 0 amide bonds. The summed E-state index contributed by atoms with van der Waals surface area (Å²) < 4.78 is 54.4. The summed E-state index contributed by atoms with van der Waals surface area (Å²) in [5.41, 5.74) is 2.94. The first-order chi connectivity index (χ1) is 14.5. The molecule has 2 aromatic rings. The standard InChI is InChI=1S/C21H24F3N3O3.HI/c1-13-3-4-18(30-20(23)24)15(7-13)10-27-21(25-2)26-6-5-14-8-17(22)9-16-11-28-12-29-19(14)16;/h3-4,7-9,20H,5-6,10-12H2,1-2H3,(H2,25,26,27);1H. The SMILES string of the molecule is CN=C(NCCc1cc(F)cc2c1OCOC2)NCc1cc(C)ccc1OC(F)F.I. The van der Waals surface area contributed by atoms with Crippen LogP contribution in [0.1, 0.15) is 22.3 Å². The molecule has 0 saturated heterocycles. The fraction of sp³-hybridized carbons (Fsp3) is 0.381. The highest BCUT2D eigenvalue weighted by Crippen LogP contribution is 2.29. The van der Waals surface area contributed by atoms with Crippen molar-refractivity contribution < 1.29 is 27.4 Å². The molecule has 2 N–H and O–H groups in total. The Balaban J connectivity index is 0.00000341. The Bertz CT molecular complexity index is 913. The molecule has 0 saturated carbocycles. The number of hydrogen-bond donors (Lipinski definition) is 2. The molecule has 0 unspecified atom stereocenters. The molecule has 2 aromatic carbocycles. The third kappa shape index (κ3) is 7.17. The van der Waals surface area contributed by atoms with Crippen molar-refractivity contribution in [1.29, 1.82) is 0 Å². The van der Waals surface area contributed by atoms with Gasteiger partial charge in [0, 0.05) is 31.3 Å². The molecule has 10 heteroatoms. The Morgan fingerprint density at radius 3 is 2.74 bits per heavy atom. The molecule has 0 fully saturated rings. The van der Waals surface area contributed by atoms with Gasteiger partial charge in [0.05, 0.1) is 6.61 Å². The number of nitrogens with zero attached hydrogens (tertiary/aromatic N) is 1. The Labute approximate surface area is 196 Å². The fourth-order valence-corrected chi connectivity index (χ4v) is 3.21. The minimum atomic E-state index is -2.89. The zero-order chi connectivity index (χ0) is 21.5. The highest BCUT2D eigenvalue weighted by Gasteiger charge is 2.17. The van der Waals surface area contributed by atoms with E-state index in [-0.39, 0.29) is 48.9 Å². The first-order valence-corrected chi connectivity index (χ1v) is 9.47. The lowest BCUT2D eigenvalue weighted by Gasteiger charge is -2.21. The summed E-state index contributed by atoms with van der Waals surface area (Å²) in [6.07, 6.45) is 0.505. The molecular formula is C21H25F3IN3O3. The van der Waals surface area contributed by atoms with Crippen molar-refractivity contribution in [2.24, 2.45) is 4.99 Å². The summed E-state index contributed by atoms with van der Waals surface area (Å²) in [6, 6.07) is 7.86. The molecule has 0 bridgehead atoms. The minimum absolute atomic E-state index is 0. The van der Waals surface area contributed by atoms with Crippen LogP contribution in [0.15, 0.2) is 35.3 Å². The number of alkyl halides is 2. The summed E-state index contributed by atoms with van der Waals surface area (Å²) in [5, 5.41) is 6.21. The lowest BCUT2D eigenvalue weighted by molar-refractivity contribution is -0.0504. The van der Waals surface area contributed by atoms with E-state index in [2.05, 4.69) is 20.4 Å². The summed E-state index contributed by atoms with van der Waals surface area (Å²) in [7, 11) is 1.60. The first-order valence-electron chi connectivity index (χ1n) is 9.47. The topological polar surface area (TPSA) is 64.1 Å². The molecule has 170 valence electrons. The van der Waals surface area contributed by atoms with Crippen molar-refractivity contribution >= 4 is 29.9 Å². The van der Waals surface area contributed by atoms with Gasteiger partial charge < -0.3 is 24.8 Å². The van der Waals surface area contributed by atoms with E-state index in [0.29, 0.717) is 42.4 Å². The van der Waals surface area contributed by atoms with Crippen molar-refractivity contribution in [2.45, 2.75) is 33.1 Å². The molecule has 6 nitrogen and oxygen atoms in total. The molecule has 0 spiro atoms. The molecule has 1 aliphatic rings. The average Bonchev–Trinajstić information content (AvgIpc) is 2.71. The number of hydrogen-bond acceptors (Lipinski definition) is 4. The maximum absolute atomic E-state index is 13.8. The van der Waals surface area contributed by atoms with Crippen LogP contribution in [0.25, 0.3) is 0 Å². The van der Waals surface area contributed by atoms with E-state index in [1.807, 2.05) is 6.92 Å². The predicted molar refractivity (Wildman–Crippen MR) is 122 cm³/mol. The Kier molecular flexibility index (Phi) is 9.69. The molecule has 31 heavy (non-hydrogen) atoms. The van der Waals surface area contributed by atoms with Gasteiger partial charge in [0.1, 0.15) is 17.3 Å². The normalized spacial score (nSPS) is 13.2. The number of rotatable bonds is 7. The van der Waals surface area contributed by atoms with E-state index < -0.39 is 6.61 Å². The Morgan fingerprint density at radius 1 is 1.19 bits per heavy atom. The molecular weight excluding hydrogens is 526 g/mol. The third-order valence-electron chi connectivity index (χ3n) is 4.54. The van der Waals surface area contributed by atoms with E-state index in [9.17, 15) is 13.2 Å². The summed E-state index contributed by atoms with van der Waals surface area (Å²) in [4.78, 5) is 4.13. The van der Waals surface area contributed by atoms with Crippen LogP contribution in [0.5, 0.6) is 11.5 Å². The molecule has 3 rings (SSSR count). The van der Waals surface area contributed by atoms with E-state index in [4.69, 9.17) is 9.47 Å². The predicted octanol–water partition coefficient (Wildman–Crippen LogP) is 4.13. The van der Waals surface area contributed by atoms with Crippen molar-refractivity contribution in [3.8, 4) is 11.5 Å². The van der Waals surface area contributed by atoms with Crippen LogP contribution >= 0.6 is 24.0 Å². The summed E-state index contributed by atoms with van der Waals surface area (Å²) >= 11 is 0. The molecule has 0 atom stereocenters. The second-order valence-corrected chi connectivity index (χ2v) is 6.76. The fourth-order valence-electron chi connectivity index (χ4n) is 3.21. The number of aliphatic imine (C=N–C) groups is 1. The maximum atomic E-state index is 13.8. The van der Waals surface area contributed by atoms with E-state index in [1.54, 1.807) is 19.2 Å².